The van der Waals surface area contributed by atoms with Gasteiger partial charge in [0.25, 0.3) is 0 Å². The molecule has 0 saturated heterocycles. The molecular formula is C13H12FNO2. The number of rotatable bonds is 4. The second-order valence-corrected chi connectivity index (χ2v) is 3.45. The van der Waals surface area contributed by atoms with Crippen LogP contribution >= 0.6 is 0 Å². The zero-order chi connectivity index (χ0) is 12.1. The number of hydrogen-bond donors (Lipinski definition) is 0. The molecule has 0 radical (unpaired) electrons. The first kappa shape index (κ1) is 11.4. The third-order valence-electron chi connectivity index (χ3n) is 2.26. The van der Waals surface area contributed by atoms with Gasteiger partial charge in [0.1, 0.15) is 18.1 Å². The lowest BCUT2D eigenvalue weighted by Gasteiger charge is -2.06. The van der Waals surface area contributed by atoms with Crippen LogP contribution in [0.1, 0.15) is 5.56 Å². The molecule has 17 heavy (non-hydrogen) atoms. The van der Waals surface area contributed by atoms with E-state index in [4.69, 9.17) is 9.47 Å². The molecule has 0 unspecified atom stereocenters. The third-order valence-corrected chi connectivity index (χ3v) is 2.26. The molecule has 0 fully saturated rings. The normalized spacial score (nSPS) is 10.0. The number of aromatic nitrogens is 1. The smallest absolute Gasteiger partial charge is 0.213 e. The maximum absolute atomic E-state index is 12.6. The van der Waals surface area contributed by atoms with Crippen molar-refractivity contribution >= 4 is 0 Å². The van der Waals surface area contributed by atoms with E-state index in [1.54, 1.807) is 13.2 Å². The summed E-state index contributed by atoms with van der Waals surface area (Å²) >= 11 is 0. The molecule has 88 valence electrons. The van der Waals surface area contributed by atoms with Crippen LogP contribution in [0.4, 0.5) is 4.39 Å². The molecule has 0 bridgehead atoms. The Balaban J connectivity index is 1.95. The molecule has 1 heterocycles. The number of hydrogen-bond acceptors (Lipinski definition) is 3. The Hall–Kier alpha value is -2.10. The molecule has 0 aliphatic rings. The van der Waals surface area contributed by atoms with E-state index in [1.807, 2.05) is 24.3 Å². The topological polar surface area (TPSA) is 31.4 Å². The molecule has 4 heteroatoms. The number of halogens is 1. The summed E-state index contributed by atoms with van der Waals surface area (Å²) in [5.74, 6) is 0.834. The van der Waals surface area contributed by atoms with Crippen LogP contribution in [-0.4, -0.2) is 12.1 Å². The van der Waals surface area contributed by atoms with Gasteiger partial charge in [0.05, 0.1) is 13.3 Å². The van der Waals surface area contributed by atoms with E-state index in [0.717, 1.165) is 11.3 Å². The van der Waals surface area contributed by atoms with E-state index < -0.39 is 5.95 Å². The summed E-state index contributed by atoms with van der Waals surface area (Å²) in [5, 5.41) is 0. The van der Waals surface area contributed by atoms with Crippen molar-refractivity contribution in [2.75, 3.05) is 7.11 Å². The highest BCUT2D eigenvalue weighted by molar-refractivity contribution is 5.27. The SMILES string of the molecule is COc1ccc(COc2ccc(F)nc2)cc1. The maximum Gasteiger partial charge on any atom is 0.213 e. The highest BCUT2D eigenvalue weighted by atomic mass is 19.1. The number of benzene rings is 1. The van der Waals surface area contributed by atoms with Gasteiger partial charge in [0, 0.05) is 0 Å². The first-order valence-corrected chi connectivity index (χ1v) is 5.15. The number of nitrogens with zero attached hydrogens (tertiary/aromatic N) is 1. The predicted molar refractivity (Wildman–Crippen MR) is 61.5 cm³/mol. The fourth-order valence-electron chi connectivity index (χ4n) is 1.34. The standard InChI is InChI=1S/C13H12FNO2/c1-16-11-4-2-10(3-5-11)9-17-12-6-7-13(14)15-8-12/h2-8H,9H2,1H3. The molecule has 0 amide bonds. The van der Waals surface area contributed by atoms with Crippen molar-refractivity contribution in [3.05, 3.63) is 54.1 Å². The van der Waals surface area contributed by atoms with E-state index >= 15 is 0 Å². The zero-order valence-electron chi connectivity index (χ0n) is 9.39. The molecular weight excluding hydrogens is 221 g/mol. The lowest BCUT2D eigenvalue weighted by Crippen LogP contribution is -1.96. The van der Waals surface area contributed by atoms with Gasteiger partial charge in [-0.15, -0.1) is 0 Å². The average molecular weight is 233 g/mol. The summed E-state index contributed by atoms with van der Waals surface area (Å²) in [6, 6.07) is 10.4. The van der Waals surface area contributed by atoms with Gasteiger partial charge in [-0.2, -0.15) is 4.39 Å². The predicted octanol–water partition coefficient (Wildman–Crippen LogP) is 2.81. The van der Waals surface area contributed by atoms with Crippen LogP contribution in [0.3, 0.4) is 0 Å². The fraction of sp³-hybridized carbons (Fsp3) is 0.154. The molecule has 0 N–H and O–H groups in total. The Bertz CT molecular complexity index is 468. The van der Waals surface area contributed by atoms with Gasteiger partial charge < -0.3 is 9.47 Å². The van der Waals surface area contributed by atoms with E-state index in [2.05, 4.69) is 4.98 Å². The Morgan fingerprint density at radius 1 is 1.06 bits per heavy atom. The van der Waals surface area contributed by atoms with Gasteiger partial charge in [0.2, 0.25) is 5.95 Å². The summed E-state index contributed by atoms with van der Waals surface area (Å²) in [6.45, 7) is 0.414. The van der Waals surface area contributed by atoms with Gasteiger partial charge in [-0.25, -0.2) is 4.98 Å². The Kier molecular flexibility index (Phi) is 3.55. The summed E-state index contributed by atoms with van der Waals surface area (Å²) in [7, 11) is 1.62. The lowest BCUT2D eigenvalue weighted by atomic mass is 10.2. The first-order chi connectivity index (χ1) is 8.28. The van der Waals surface area contributed by atoms with Crippen molar-refractivity contribution in [3.8, 4) is 11.5 Å². The number of methoxy groups -OCH3 is 1. The van der Waals surface area contributed by atoms with Gasteiger partial charge in [0.15, 0.2) is 0 Å². The van der Waals surface area contributed by atoms with Crippen molar-refractivity contribution < 1.29 is 13.9 Å². The maximum atomic E-state index is 12.6. The van der Waals surface area contributed by atoms with Crippen LogP contribution in [0.2, 0.25) is 0 Å². The molecule has 0 atom stereocenters. The Morgan fingerprint density at radius 2 is 1.76 bits per heavy atom. The van der Waals surface area contributed by atoms with Gasteiger partial charge in [-0.05, 0) is 29.8 Å². The van der Waals surface area contributed by atoms with Crippen molar-refractivity contribution in [2.24, 2.45) is 0 Å². The molecule has 2 rings (SSSR count). The highest BCUT2D eigenvalue weighted by Crippen LogP contribution is 2.14. The van der Waals surface area contributed by atoms with Crippen LogP contribution in [0.25, 0.3) is 0 Å². The molecule has 0 aliphatic heterocycles. The lowest BCUT2D eigenvalue weighted by molar-refractivity contribution is 0.303. The molecule has 0 saturated carbocycles. The van der Waals surface area contributed by atoms with Crippen LogP contribution < -0.4 is 9.47 Å². The van der Waals surface area contributed by atoms with Crippen LogP contribution in [0.5, 0.6) is 11.5 Å². The summed E-state index contributed by atoms with van der Waals surface area (Å²) in [5.41, 5.74) is 1.01. The summed E-state index contributed by atoms with van der Waals surface area (Å²) in [6.07, 6.45) is 1.36. The number of pyridine rings is 1. The third kappa shape index (κ3) is 3.17. The highest BCUT2D eigenvalue weighted by Gasteiger charge is 1.98. The molecule has 1 aromatic heterocycles. The molecule has 0 aliphatic carbocycles. The van der Waals surface area contributed by atoms with Gasteiger partial charge >= 0.3 is 0 Å². The van der Waals surface area contributed by atoms with E-state index in [1.165, 1.54) is 12.3 Å². The molecule has 0 spiro atoms. The minimum Gasteiger partial charge on any atom is -0.497 e. The Labute approximate surface area is 98.8 Å². The Morgan fingerprint density at radius 3 is 2.35 bits per heavy atom. The monoisotopic (exact) mass is 233 g/mol. The second-order valence-electron chi connectivity index (χ2n) is 3.45. The fourth-order valence-corrected chi connectivity index (χ4v) is 1.34. The van der Waals surface area contributed by atoms with Crippen molar-refractivity contribution in [1.82, 2.24) is 4.98 Å². The summed E-state index contributed by atoms with van der Waals surface area (Å²) in [4.78, 5) is 3.51. The second kappa shape index (κ2) is 5.30. The number of ether oxygens (including phenoxy) is 2. The van der Waals surface area contributed by atoms with Crippen LogP contribution in [-0.2, 0) is 6.61 Å². The molecule has 1 aromatic carbocycles. The quantitative estimate of drug-likeness (QED) is 0.761. The van der Waals surface area contributed by atoms with Crippen LogP contribution in [0.15, 0.2) is 42.6 Å². The van der Waals surface area contributed by atoms with Crippen molar-refractivity contribution in [3.63, 3.8) is 0 Å². The van der Waals surface area contributed by atoms with Gasteiger partial charge in [-0.1, -0.05) is 12.1 Å². The molecule has 3 nitrogen and oxygen atoms in total. The average Bonchev–Trinajstić information content (AvgIpc) is 2.39. The zero-order valence-corrected chi connectivity index (χ0v) is 9.39. The minimum absolute atomic E-state index is 0.414. The van der Waals surface area contributed by atoms with Gasteiger partial charge in [-0.3, -0.25) is 0 Å². The summed E-state index contributed by atoms with van der Waals surface area (Å²) < 4.78 is 23.1. The van der Waals surface area contributed by atoms with Crippen molar-refractivity contribution in [2.45, 2.75) is 6.61 Å². The van der Waals surface area contributed by atoms with E-state index in [9.17, 15) is 4.39 Å². The minimum atomic E-state index is -0.512. The molecule has 2 aromatic rings. The van der Waals surface area contributed by atoms with Crippen LogP contribution in [0, 0.1) is 5.95 Å². The largest absolute Gasteiger partial charge is 0.497 e. The van der Waals surface area contributed by atoms with E-state index in [-0.39, 0.29) is 0 Å². The van der Waals surface area contributed by atoms with E-state index in [0.29, 0.717) is 12.4 Å². The first-order valence-electron chi connectivity index (χ1n) is 5.15. The van der Waals surface area contributed by atoms with Crippen molar-refractivity contribution in [1.29, 1.82) is 0 Å².